The molecule has 0 bridgehead atoms. The van der Waals surface area contributed by atoms with Crippen LogP contribution >= 0.6 is 11.6 Å². The Morgan fingerprint density at radius 3 is 2.89 bits per heavy atom. The van der Waals surface area contributed by atoms with Gasteiger partial charge in [-0.1, -0.05) is 17.7 Å². The number of pyridine rings is 2. The highest BCUT2D eigenvalue weighted by molar-refractivity contribution is 6.32. The number of rotatable bonds is 6. The van der Waals surface area contributed by atoms with Crippen molar-refractivity contribution in [3.63, 3.8) is 0 Å². The fraction of sp³-hybridized carbons (Fsp3) is 0.269. The molecule has 1 aromatic carbocycles. The Balaban J connectivity index is 1.43. The zero-order valence-corrected chi connectivity index (χ0v) is 19.6. The maximum atomic E-state index is 13.2. The van der Waals surface area contributed by atoms with Crippen LogP contribution in [-0.2, 0) is 0 Å². The maximum absolute atomic E-state index is 13.2. The molecular formula is C26H22ClN5O3. The van der Waals surface area contributed by atoms with Crippen molar-refractivity contribution in [1.29, 1.82) is 0 Å². The number of anilines is 2. The molecule has 0 saturated heterocycles. The molecule has 2 aliphatic carbocycles. The molecule has 4 heterocycles. The van der Waals surface area contributed by atoms with Gasteiger partial charge in [0, 0.05) is 35.5 Å². The number of methoxy groups -OCH3 is 1. The Morgan fingerprint density at radius 2 is 2.06 bits per heavy atom. The molecular weight excluding hydrogens is 466 g/mol. The van der Waals surface area contributed by atoms with E-state index in [1.54, 1.807) is 19.4 Å². The van der Waals surface area contributed by atoms with E-state index in [0.717, 1.165) is 41.7 Å². The number of carbonyl (C=O) groups excluding carboxylic acids is 1. The van der Waals surface area contributed by atoms with Crippen molar-refractivity contribution in [2.75, 3.05) is 12.4 Å². The molecule has 3 aliphatic rings. The lowest BCUT2D eigenvalue weighted by atomic mass is 10.0. The largest absolute Gasteiger partial charge is 0.493 e. The van der Waals surface area contributed by atoms with E-state index in [0.29, 0.717) is 39.1 Å². The van der Waals surface area contributed by atoms with Gasteiger partial charge in [-0.3, -0.25) is 9.78 Å². The summed E-state index contributed by atoms with van der Waals surface area (Å²) < 4.78 is 11.5. The second-order valence-electron chi connectivity index (χ2n) is 9.22. The highest BCUT2D eigenvalue weighted by atomic mass is 35.5. The van der Waals surface area contributed by atoms with Gasteiger partial charge >= 0.3 is 0 Å². The van der Waals surface area contributed by atoms with E-state index >= 15 is 0 Å². The van der Waals surface area contributed by atoms with Crippen LogP contribution in [-0.4, -0.2) is 40.1 Å². The average Bonchev–Trinajstić information content (AvgIpc) is 3.78. The van der Waals surface area contributed by atoms with Crippen LogP contribution in [0.25, 0.3) is 22.3 Å². The third kappa shape index (κ3) is 3.39. The quantitative estimate of drug-likeness (QED) is 0.347. The summed E-state index contributed by atoms with van der Waals surface area (Å²) in [5, 5.41) is 7.04. The number of carbonyl (C=O) groups is 1. The number of hydrogen-bond donors (Lipinski definition) is 3. The number of ether oxygens (including phenoxy) is 2. The van der Waals surface area contributed by atoms with Gasteiger partial charge in [-0.2, -0.15) is 0 Å². The molecule has 0 spiro atoms. The molecule has 0 unspecified atom stereocenters. The number of nitrogens with zero attached hydrogens (tertiary/aromatic N) is 2. The molecule has 3 aromatic heterocycles. The number of amides is 1. The lowest BCUT2D eigenvalue weighted by Crippen LogP contribution is -2.31. The van der Waals surface area contributed by atoms with Crippen LogP contribution in [0.4, 0.5) is 11.4 Å². The van der Waals surface area contributed by atoms with Crippen molar-refractivity contribution in [1.82, 2.24) is 20.3 Å². The highest BCUT2D eigenvalue weighted by Gasteiger charge is 2.48. The third-order valence-corrected chi connectivity index (χ3v) is 7.10. The molecule has 176 valence electrons. The summed E-state index contributed by atoms with van der Waals surface area (Å²) in [6.45, 7) is 0. The first-order chi connectivity index (χ1) is 17.1. The first-order valence-corrected chi connectivity index (χ1v) is 12.1. The van der Waals surface area contributed by atoms with E-state index in [4.69, 9.17) is 26.1 Å². The van der Waals surface area contributed by atoms with Gasteiger partial charge in [0.25, 0.3) is 5.91 Å². The maximum Gasteiger partial charge on any atom is 0.255 e. The van der Waals surface area contributed by atoms with E-state index in [2.05, 4.69) is 20.6 Å². The second-order valence-corrected chi connectivity index (χ2v) is 9.63. The van der Waals surface area contributed by atoms with Gasteiger partial charge < -0.3 is 25.1 Å². The van der Waals surface area contributed by atoms with Crippen molar-refractivity contribution >= 4 is 39.9 Å². The molecule has 2 fully saturated rings. The van der Waals surface area contributed by atoms with Gasteiger partial charge in [-0.15, -0.1) is 0 Å². The number of fused-ring (bicyclic) bond motifs is 4. The molecule has 8 nitrogen and oxygen atoms in total. The summed E-state index contributed by atoms with van der Waals surface area (Å²) in [6, 6.07) is 11.4. The van der Waals surface area contributed by atoms with E-state index < -0.39 is 0 Å². The fourth-order valence-electron chi connectivity index (χ4n) is 4.86. The number of aromatic nitrogens is 3. The molecule has 9 heteroatoms. The number of H-pyrrole nitrogens is 1. The van der Waals surface area contributed by atoms with E-state index in [1.807, 2.05) is 30.3 Å². The van der Waals surface area contributed by atoms with Crippen molar-refractivity contribution in [2.45, 2.75) is 37.3 Å². The number of aromatic amines is 1. The first kappa shape index (κ1) is 20.6. The lowest BCUT2D eigenvalue weighted by molar-refractivity contribution is 0.0944. The Kier molecular flexibility index (Phi) is 4.48. The van der Waals surface area contributed by atoms with Crippen molar-refractivity contribution in [2.24, 2.45) is 0 Å². The zero-order chi connectivity index (χ0) is 23.7. The molecule has 3 N–H and O–H groups in total. The topological polar surface area (TPSA) is 101 Å². The summed E-state index contributed by atoms with van der Waals surface area (Å²) in [5.41, 5.74) is 5.92. The smallest absolute Gasteiger partial charge is 0.255 e. The molecule has 4 aromatic rings. The molecule has 35 heavy (non-hydrogen) atoms. The third-order valence-electron chi connectivity index (χ3n) is 6.80. The molecule has 1 amide bonds. The minimum Gasteiger partial charge on any atom is -0.493 e. The highest BCUT2D eigenvalue weighted by Crippen LogP contribution is 2.51. The van der Waals surface area contributed by atoms with Crippen molar-refractivity contribution < 1.29 is 14.3 Å². The predicted molar refractivity (Wildman–Crippen MR) is 133 cm³/mol. The Morgan fingerprint density at radius 1 is 1.17 bits per heavy atom. The van der Waals surface area contributed by atoms with Crippen molar-refractivity contribution in [3.05, 3.63) is 58.9 Å². The fourth-order valence-corrected chi connectivity index (χ4v) is 5.11. The molecule has 0 radical (unpaired) electrons. The molecule has 2 saturated carbocycles. The Bertz CT molecular complexity index is 1510. The van der Waals surface area contributed by atoms with E-state index in [1.165, 1.54) is 0 Å². The second kappa shape index (κ2) is 7.61. The van der Waals surface area contributed by atoms with Gasteiger partial charge in [0.15, 0.2) is 5.75 Å². The van der Waals surface area contributed by atoms with Gasteiger partial charge in [0.05, 0.1) is 40.3 Å². The zero-order valence-electron chi connectivity index (χ0n) is 18.9. The number of halogens is 1. The normalized spacial score (nSPS) is 20.1. The van der Waals surface area contributed by atoms with Crippen LogP contribution in [0.1, 0.15) is 41.2 Å². The summed E-state index contributed by atoms with van der Waals surface area (Å²) in [5.74, 6) is 1.26. The van der Waals surface area contributed by atoms with E-state index in [9.17, 15) is 4.79 Å². The summed E-state index contributed by atoms with van der Waals surface area (Å²) in [6.07, 6.45) is 5.02. The minimum atomic E-state index is -0.103. The van der Waals surface area contributed by atoms with Crippen molar-refractivity contribution in [3.8, 4) is 22.9 Å². The van der Waals surface area contributed by atoms with Crippen LogP contribution in [0, 0.1) is 0 Å². The van der Waals surface area contributed by atoms with E-state index in [-0.39, 0.29) is 24.0 Å². The molecule has 1 aliphatic heterocycles. The summed E-state index contributed by atoms with van der Waals surface area (Å²) in [4.78, 5) is 26.1. The monoisotopic (exact) mass is 487 g/mol. The SMILES string of the molecule is COc1c(Cl)cccc1Nc1c(-c2ccnc3ccc(OC4CC4)nc23)[nH]c2c1C(=O)N[C@H]1C[C@@H]21. The van der Waals surface area contributed by atoms with Gasteiger partial charge in [0.2, 0.25) is 5.88 Å². The van der Waals surface area contributed by atoms with Crippen LogP contribution in [0.5, 0.6) is 11.6 Å². The van der Waals surface area contributed by atoms with Crippen LogP contribution in [0.15, 0.2) is 42.6 Å². The van der Waals surface area contributed by atoms with Gasteiger partial charge in [-0.25, -0.2) is 4.98 Å². The summed E-state index contributed by atoms with van der Waals surface area (Å²) >= 11 is 6.39. The molecule has 7 rings (SSSR count). The standard InChI is InChI=1S/C26H22ClN5O3/c1-34-25-15(27)3-2-4-17(25)29-24-20-22(14-11-18(14)30-26(20)33)32-23(24)13-9-10-28-16-7-8-19(31-21(13)16)35-12-5-6-12/h2-4,7-10,12,14,18,29,32H,5-6,11H2,1H3,(H,30,33)/t14-,18+/m1/s1. The van der Waals surface area contributed by atoms with Crippen LogP contribution in [0.3, 0.4) is 0 Å². The summed E-state index contributed by atoms with van der Waals surface area (Å²) in [7, 11) is 1.57. The number of hydrogen-bond acceptors (Lipinski definition) is 6. The lowest BCUT2D eigenvalue weighted by Gasteiger charge is -2.17. The average molecular weight is 488 g/mol. The number of para-hydroxylation sites is 1. The predicted octanol–water partition coefficient (Wildman–Crippen LogP) is 5.17. The van der Waals surface area contributed by atoms with Gasteiger partial charge in [-0.05, 0) is 43.5 Å². The van der Waals surface area contributed by atoms with Crippen LogP contribution in [0.2, 0.25) is 5.02 Å². The minimum absolute atomic E-state index is 0.103. The Hall–Kier alpha value is -3.78. The first-order valence-electron chi connectivity index (χ1n) is 11.7. The van der Waals surface area contributed by atoms with Crippen LogP contribution < -0.4 is 20.1 Å². The Labute approximate surface area is 206 Å². The number of benzene rings is 1. The molecule has 2 atom stereocenters. The number of nitrogens with one attached hydrogen (secondary N) is 3. The van der Waals surface area contributed by atoms with Gasteiger partial charge in [0.1, 0.15) is 11.6 Å².